The normalized spacial score (nSPS) is 11.4. The quantitative estimate of drug-likeness (QED) is 0.494. The van der Waals surface area contributed by atoms with Crippen LogP contribution in [0.1, 0.15) is 45.1 Å². The molecule has 0 aliphatic heterocycles. The van der Waals surface area contributed by atoms with E-state index in [9.17, 15) is 9.90 Å². The molecule has 2 aromatic carbocycles. The fourth-order valence-electron chi connectivity index (χ4n) is 3.52. The molecule has 3 aromatic rings. The van der Waals surface area contributed by atoms with Gasteiger partial charge in [-0.3, -0.25) is 4.90 Å². The highest BCUT2D eigenvalue weighted by molar-refractivity contribution is 5.88. The number of fused-ring (bicyclic) bond motifs is 1. The average molecular weight is 380 g/mol. The number of rotatable bonds is 9. The van der Waals surface area contributed by atoms with E-state index in [-0.39, 0.29) is 11.4 Å². The summed E-state index contributed by atoms with van der Waals surface area (Å²) in [6, 6.07) is 14.7. The Morgan fingerprint density at radius 2 is 1.64 bits per heavy atom. The molecule has 0 aliphatic rings. The summed E-state index contributed by atoms with van der Waals surface area (Å²) in [5.74, 6) is 0.197. The second-order valence-corrected chi connectivity index (χ2v) is 7.31. The van der Waals surface area contributed by atoms with E-state index >= 15 is 0 Å². The van der Waals surface area contributed by atoms with Gasteiger partial charge in [-0.05, 0) is 49.2 Å². The third-order valence-corrected chi connectivity index (χ3v) is 5.08. The molecule has 0 radical (unpaired) electrons. The lowest BCUT2D eigenvalue weighted by molar-refractivity contribution is 0.257. The Bertz CT molecular complexity index is 955. The number of hydrogen-bond acceptors (Lipinski definition) is 4. The fourth-order valence-corrected chi connectivity index (χ4v) is 3.52. The van der Waals surface area contributed by atoms with E-state index < -0.39 is 0 Å². The van der Waals surface area contributed by atoms with Crippen molar-refractivity contribution in [3.8, 4) is 16.9 Å². The lowest BCUT2D eigenvalue weighted by atomic mass is 10.0. The Hall–Kier alpha value is -2.59. The number of benzene rings is 2. The Kier molecular flexibility index (Phi) is 6.88. The predicted molar refractivity (Wildman–Crippen MR) is 115 cm³/mol. The third-order valence-electron chi connectivity index (χ3n) is 5.08. The molecule has 0 amide bonds. The van der Waals surface area contributed by atoms with Gasteiger partial charge in [-0.25, -0.2) is 4.79 Å². The van der Waals surface area contributed by atoms with Gasteiger partial charge in [-0.15, -0.1) is 0 Å². The van der Waals surface area contributed by atoms with Crippen molar-refractivity contribution < 1.29 is 9.52 Å². The van der Waals surface area contributed by atoms with Gasteiger partial charge in [0.05, 0.1) is 0 Å². The van der Waals surface area contributed by atoms with Gasteiger partial charge in [0.15, 0.2) is 0 Å². The van der Waals surface area contributed by atoms with E-state index in [0.717, 1.165) is 55.3 Å². The van der Waals surface area contributed by atoms with Gasteiger partial charge in [0, 0.05) is 23.6 Å². The molecule has 4 nitrogen and oxygen atoms in total. The van der Waals surface area contributed by atoms with Crippen LogP contribution in [0.2, 0.25) is 0 Å². The van der Waals surface area contributed by atoms with E-state index in [4.69, 9.17) is 4.42 Å². The molecule has 3 rings (SSSR count). The number of phenolic OH excluding ortho intramolecular Hbond substituents is 1. The summed E-state index contributed by atoms with van der Waals surface area (Å²) in [5.41, 5.74) is 2.64. The first-order valence-corrected chi connectivity index (χ1v) is 10.2. The highest BCUT2D eigenvalue weighted by Gasteiger charge is 2.14. The maximum atomic E-state index is 12.2. The maximum absolute atomic E-state index is 12.2. The number of hydrogen-bond donors (Lipinski definition) is 1. The first kappa shape index (κ1) is 20.2. The zero-order valence-electron chi connectivity index (χ0n) is 16.8. The number of phenols is 1. The Morgan fingerprint density at radius 3 is 2.29 bits per heavy atom. The van der Waals surface area contributed by atoms with E-state index in [1.54, 1.807) is 18.2 Å². The lowest BCUT2D eigenvalue weighted by Crippen LogP contribution is -2.26. The van der Waals surface area contributed by atoms with Crippen LogP contribution in [0, 0.1) is 0 Å². The second-order valence-electron chi connectivity index (χ2n) is 7.31. The molecule has 0 spiro atoms. The van der Waals surface area contributed by atoms with Crippen molar-refractivity contribution in [2.24, 2.45) is 0 Å². The Balaban J connectivity index is 2.00. The van der Waals surface area contributed by atoms with Gasteiger partial charge in [0.25, 0.3) is 0 Å². The van der Waals surface area contributed by atoms with Crippen LogP contribution in [-0.2, 0) is 6.54 Å². The van der Waals surface area contributed by atoms with Crippen molar-refractivity contribution in [3.63, 3.8) is 0 Å². The number of nitrogens with zero attached hydrogens (tertiary/aromatic N) is 1. The number of aromatic hydroxyl groups is 1. The highest BCUT2D eigenvalue weighted by atomic mass is 16.4. The zero-order chi connectivity index (χ0) is 19.9. The molecule has 0 saturated heterocycles. The minimum Gasteiger partial charge on any atom is -0.507 e. The molecular weight excluding hydrogens is 350 g/mol. The molecule has 0 bridgehead atoms. The first-order valence-electron chi connectivity index (χ1n) is 10.2. The Labute approximate surface area is 166 Å². The summed E-state index contributed by atoms with van der Waals surface area (Å²) in [6.07, 6.45) is 4.54. The Morgan fingerprint density at radius 1 is 0.964 bits per heavy atom. The molecule has 148 valence electrons. The van der Waals surface area contributed by atoms with Gasteiger partial charge in [0.1, 0.15) is 11.3 Å². The summed E-state index contributed by atoms with van der Waals surface area (Å²) in [6.45, 7) is 7.08. The molecule has 0 unspecified atom stereocenters. The molecule has 0 saturated carbocycles. The van der Waals surface area contributed by atoms with Crippen LogP contribution in [0.3, 0.4) is 0 Å². The summed E-state index contributed by atoms with van der Waals surface area (Å²) in [5, 5.41) is 11.4. The van der Waals surface area contributed by atoms with Gasteiger partial charge in [0.2, 0.25) is 0 Å². The largest absolute Gasteiger partial charge is 0.507 e. The molecule has 1 N–H and O–H groups in total. The van der Waals surface area contributed by atoms with Crippen LogP contribution in [-0.4, -0.2) is 23.1 Å². The topological polar surface area (TPSA) is 53.7 Å². The predicted octanol–water partition coefficient (Wildman–Crippen LogP) is 5.57. The van der Waals surface area contributed by atoms with Crippen LogP contribution in [0.4, 0.5) is 0 Å². The molecule has 1 aromatic heterocycles. The van der Waals surface area contributed by atoms with Crippen LogP contribution in [0.25, 0.3) is 22.1 Å². The van der Waals surface area contributed by atoms with Gasteiger partial charge in [-0.2, -0.15) is 0 Å². The van der Waals surface area contributed by atoms with E-state index in [0.29, 0.717) is 17.7 Å². The first-order chi connectivity index (χ1) is 13.6. The summed E-state index contributed by atoms with van der Waals surface area (Å²) >= 11 is 0. The fraction of sp³-hybridized carbons (Fsp3) is 0.375. The molecule has 1 heterocycles. The molecule has 28 heavy (non-hydrogen) atoms. The van der Waals surface area contributed by atoms with Crippen molar-refractivity contribution in [1.82, 2.24) is 4.90 Å². The van der Waals surface area contributed by atoms with Crippen LogP contribution in [0.15, 0.2) is 57.7 Å². The average Bonchev–Trinajstić information content (AvgIpc) is 2.70. The van der Waals surface area contributed by atoms with Crippen LogP contribution >= 0.6 is 0 Å². The minimum atomic E-state index is -0.349. The van der Waals surface area contributed by atoms with E-state index in [1.165, 1.54) is 0 Å². The lowest BCUT2D eigenvalue weighted by Gasteiger charge is -2.22. The smallest absolute Gasteiger partial charge is 0.336 e. The molecular formula is C24H29NO3. The SMILES string of the molecule is CCCCN(CCCC)Cc1cc(=O)oc2cc(-c3ccccc3)c(O)cc12. The zero-order valence-corrected chi connectivity index (χ0v) is 16.8. The van der Waals surface area contributed by atoms with Gasteiger partial charge in [-0.1, -0.05) is 57.0 Å². The minimum absolute atomic E-state index is 0.197. The van der Waals surface area contributed by atoms with E-state index in [2.05, 4.69) is 18.7 Å². The molecule has 0 fully saturated rings. The number of unbranched alkanes of at least 4 members (excludes halogenated alkanes) is 2. The highest BCUT2D eigenvalue weighted by Crippen LogP contribution is 2.34. The van der Waals surface area contributed by atoms with Crippen LogP contribution < -0.4 is 5.63 Å². The van der Waals surface area contributed by atoms with Crippen molar-refractivity contribution >= 4 is 11.0 Å². The second kappa shape index (κ2) is 9.56. The monoisotopic (exact) mass is 379 g/mol. The molecule has 4 heteroatoms. The maximum Gasteiger partial charge on any atom is 0.336 e. The van der Waals surface area contributed by atoms with E-state index in [1.807, 2.05) is 30.3 Å². The van der Waals surface area contributed by atoms with Crippen molar-refractivity contribution in [3.05, 3.63) is 64.5 Å². The van der Waals surface area contributed by atoms with Crippen molar-refractivity contribution in [1.29, 1.82) is 0 Å². The van der Waals surface area contributed by atoms with Gasteiger partial charge >= 0.3 is 5.63 Å². The summed E-state index contributed by atoms with van der Waals surface area (Å²) < 4.78 is 5.48. The molecule has 0 atom stereocenters. The standard InChI is InChI=1S/C24H29NO3/c1-3-5-12-25(13-6-4-2)17-19-14-24(27)28-23-16-20(22(26)15-21(19)23)18-10-8-7-9-11-18/h7-11,14-16,26H,3-6,12-13,17H2,1-2H3. The van der Waals surface area contributed by atoms with Crippen molar-refractivity contribution in [2.75, 3.05) is 13.1 Å². The third kappa shape index (κ3) is 4.82. The summed E-state index contributed by atoms with van der Waals surface area (Å²) in [7, 11) is 0. The van der Waals surface area contributed by atoms with Crippen LogP contribution in [0.5, 0.6) is 5.75 Å². The summed E-state index contributed by atoms with van der Waals surface area (Å²) in [4.78, 5) is 14.6. The van der Waals surface area contributed by atoms with Crippen molar-refractivity contribution in [2.45, 2.75) is 46.1 Å². The van der Waals surface area contributed by atoms with Gasteiger partial charge < -0.3 is 9.52 Å². The molecule has 0 aliphatic carbocycles.